The number of ether oxygens (including phenoxy) is 1. The summed E-state index contributed by atoms with van der Waals surface area (Å²) in [5.74, 6) is 1.17. The standard InChI is InChI=1S/C22H28N2O4S/c1-15-11-16(2)14-24(13-15)22(25)18-10-9-17(3)21(12-18)29(26,27)23-19-7-5-6-8-20(19)28-4/h5-10,12,15-16,23H,11,13-14H2,1-4H3/t15-,16-/m0/s1. The molecule has 1 fully saturated rings. The molecule has 0 aromatic heterocycles. The number of piperidine rings is 1. The van der Waals surface area contributed by atoms with Crippen LogP contribution in [0.3, 0.4) is 0 Å². The monoisotopic (exact) mass is 416 g/mol. The zero-order valence-corrected chi connectivity index (χ0v) is 18.1. The van der Waals surface area contributed by atoms with E-state index in [4.69, 9.17) is 4.74 Å². The van der Waals surface area contributed by atoms with Gasteiger partial charge in [0.15, 0.2) is 0 Å². The Kier molecular flexibility index (Phi) is 6.17. The summed E-state index contributed by atoms with van der Waals surface area (Å²) < 4.78 is 33.9. The highest BCUT2D eigenvalue weighted by Crippen LogP contribution is 2.28. The molecule has 1 N–H and O–H groups in total. The van der Waals surface area contributed by atoms with E-state index in [9.17, 15) is 13.2 Å². The molecule has 1 aliphatic rings. The number of nitrogens with zero attached hydrogens (tertiary/aromatic N) is 1. The maximum Gasteiger partial charge on any atom is 0.262 e. The highest BCUT2D eigenvalue weighted by Gasteiger charge is 2.27. The minimum absolute atomic E-state index is 0.0902. The molecule has 6 nitrogen and oxygen atoms in total. The van der Waals surface area contributed by atoms with Crippen molar-refractivity contribution in [3.05, 3.63) is 53.6 Å². The molecule has 1 amide bonds. The largest absolute Gasteiger partial charge is 0.495 e. The van der Waals surface area contributed by atoms with Crippen molar-refractivity contribution in [2.24, 2.45) is 11.8 Å². The fourth-order valence-corrected chi connectivity index (χ4v) is 5.30. The number of carbonyl (C=O) groups excluding carboxylic acids is 1. The van der Waals surface area contributed by atoms with Gasteiger partial charge in [0, 0.05) is 18.7 Å². The molecule has 0 saturated carbocycles. The summed E-state index contributed by atoms with van der Waals surface area (Å²) in [5, 5.41) is 0. The average molecular weight is 417 g/mol. The first-order chi connectivity index (χ1) is 13.7. The Hall–Kier alpha value is -2.54. The smallest absolute Gasteiger partial charge is 0.262 e. The lowest BCUT2D eigenvalue weighted by molar-refractivity contribution is 0.0623. The number of rotatable bonds is 5. The molecule has 2 atom stereocenters. The summed E-state index contributed by atoms with van der Waals surface area (Å²) in [6.45, 7) is 7.38. The normalized spacial score (nSPS) is 19.7. The van der Waals surface area contributed by atoms with Crippen molar-refractivity contribution in [3.63, 3.8) is 0 Å². The van der Waals surface area contributed by atoms with Gasteiger partial charge < -0.3 is 9.64 Å². The van der Waals surface area contributed by atoms with Crippen LogP contribution in [0.2, 0.25) is 0 Å². The highest BCUT2D eigenvalue weighted by molar-refractivity contribution is 7.92. The van der Waals surface area contributed by atoms with Crippen molar-refractivity contribution in [2.45, 2.75) is 32.1 Å². The molecule has 156 valence electrons. The molecule has 0 radical (unpaired) electrons. The maximum atomic E-state index is 13.1. The molecule has 2 aromatic rings. The van der Waals surface area contributed by atoms with Gasteiger partial charge in [0.2, 0.25) is 0 Å². The van der Waals surface area contributed by atoms with Crippen LogP contribution in [0, 0.1) is 18.8 Å². The maximum absolute atomic E-state index is 13.1. The van der Waals surface area contributed by atoms with Crippen LogP contribution in [-0.2, 0) is 10.0 Å². The molecule has 1 heterocycles. The highest BCUT2D eigenvalue weighted by atomic mass is 32.2. The molecule has 29 heavy (non-hydrogen) atoms. The van der Waals surface area contributed by atoms with Crippen LogP contribution >= 0.6 is 0 Å². The molecular formula is C22H28N2O4S. The lowest BCUT2D eigenvalue weighted by Gasteiger charge is -2.35. The van der Waals surface area contributed by atoms with E-state index >= 15 is 0 Å². The first kappa shape index (κ1) is 21.2. The quantitative estimate of drug-likeness (QED) is 0.801. The second-order valence-corrected chi connectivity index (χ2v) is 9.59. The summed E-state index contributed by atoms with van der Waals surface area (Å²) in [7, 11) is -2.40. The van der Waals surface area contributed by atoms with Gasteiger partial charge in [-0.25, -0.2) is 8.42 Å². The van der Waals surface area contributed by atoms with Crippen LogP contribution in [0.25, 0.3) is 0 Å². The molecule has 0 unspecified atom stereocenters. The van der Waals surface area contributed by atoms with Gasteiger partial charge in [0.1, 0.15) is 5.75 Å². The Bertz CT molecular complexity index is 994. The van der Waals surface area contributed by atoms with Crippen LogP contribution in [0.15, 0.2) is 47.4 Å². The number of nitrogens with one attached hydrogen (secondary N) is 1. The van der Waals surface area contributed by atoms with Gasteiger partial charge in [-0.3, -0.25) is 9.52 Å². The molecule has 1 saturated heterocycles. The minimum Gasteiger partial charge on any atom is -0.495 e. The predicted octanol–water partition coefficient (Wildman–Crippen LogP) is 3.92. The number of methoxy groups -OCH3 is 1. The third-order valence-corrected chi connectivity index (χ3v) is 6.74. The van der Waals surface area contributed by atoms with Gasteiger partial charge in [-0.15, -0.1) is 0 Å². The Morgan fingerprint density at radius 2 is 1.76 bits per heavy atom. The molecule has 1 aliphatic heterocycles. The van der Waals surface area contributed by atoms with Gasteiger partial charge in [0.05, 0.1) is 17.7 Å². The molecule has 0 spiro atoms. The molecule has 0 bridgehead atoms. The van der Waals surface area contributed by atoms with Gasteiger partial charge in [0.25, 0.3) is 15.9 Å². The zero-order valence-electron chi connectivity index (χ0n) is 17.3. The second-order valence-electron chi connectivity index (χ2n) is 7.94. The van der Waals surface area contributed by atoms with Gasteiger partial charge in [-0.2, -0.15) is 0 Å². The number of hydrogen-bond acceptors (Lipinski definition) is 4. The Morgan fingerprint density at radius 1 is 1.10 bits per heavy atom. The summed E-state index contributed by atoms with van der Waals surface area (Å²) in [6, 6.07) is 11.7. The van der Waals surface area contributed by atoms with Crippen LogP contribution in [0.4, 0.5) is 5.69 Å². The Labute approximate surface area is 172 Å². The number of aryl methyl sites for hydroxylation is 1. The number of likely N-dealkylation sites (tertiary alicyclic amines) is 1. The number of para-hydroxylation sites is 2. The molecule has 2 aromatic carbocycles. The van der Waals surface area contributed by atoms with Crippen LogP contribution in [0.5, 0.6) is 5.75 Å². The van der Waals surface area contributed by atoms with Crippen LogP contribution in [-0.4, -0.2) is 39.4 Å². The van der Waals surface area contributed by atoms with E-state index < -0.39 is 10.0 Å². The van der Waals surface area contributed by atoms with Crippen LogP contribution in [0.1, 0.15) is 36.2 Å². The summed E-state index contributed by atoms with van der Waals surface area (Å²) in [6.07, 6.45) is 1.10. The molecule has 7 heteroatoms. The lowest BCUT2D eigenvalue weighted by Crippen LogP contribution is -2.42. The number of amides is 1. The first-order valence-electron chi connectivity index (χ1n) is 9.77. The van der Waals surface area contributed by atoms with Crippen molar-refractivity contribution >= 4 is 21.6 Å². The van der Waals surface area contributed by atoms with Gasteiger partial charge in [-0.1, -0.05) is 32.0 Å². The topological polar surface area (TPSA) is 75.7 Å². The number of carbonyl (C=O) groups is 1. The first-order valence-corrected chi connectivity index (χ1v) is 11.3. The summed E-state index contributed by atoms with van der Waals surface area (Å²) >= 11 is 0. The van der Waals surface area contributed by atoms with Crippen molar-refractivity contribution in [1.82, 2.24) is 4.90 Å². The van der Waals surface area contributed by atoms with Crippen molar-refractivity contribution in [2.75, 3.05) is 24.9 Å². The number of anilines is 1. The third-order valence-electron chi connectivity index (χ3n) is 5.23. The number of sulfonamides is 1. The van der Waals surface area contributed by atoms with E-state index in [0.29, 0.717) is 47.5 Å². The number of hydrogen-bond donors (Lipinski definition) is 1. The van der Waals surface area contributed by atoms with E-state index in [1.807, 2.05) is 4.90 Å². The van der Waals surface area contributed by atoms with E-state index in [2.05, 4.69) is 18.6 Å². The van der Waals surface area contributed by atoms with Crippen molar-refractivity contribution in [1.29, 1.82) is 0 Å². The molecule has 3 rings (SSSR count). The lowest BCUT2D eigenvalue weighted by atomic mass is 9.91. The second kappa shape index (κ2) is 8.45. The van der Waals surface area contributed by atoms with Gasteiger partial charge in [-0.05, 0) is 55.0 Å². The van der Waals surface area contributed by atoms with Crippen LogP contribution < -0.4 is 9.46 Å². The predicted molar refractivity (Wildman–Crippen MR) is 114 cm³/mol. The van der Waals surface area contributed by atoms with Gasteiger partial charge >= 0.3 is 0 Å². The van der Waals surface area contributed by atoms with E-state index in [0.717, 1.165) is 6.42 Å². The van der Waals surface area contributed by atoms with E-state index in [1.54, 1.807) is 43.3 Å². The summed E-state index contributed by atoms with van der Waals surface area (Å²) in [4.78, 5) is 14.9. The SMILES string of the molecule is COc1ccccc1NS(=O)(=O)c1cc(C(=O)N2C[C@@H](C)C[C@H](C)C2)ccc1C. The fourth-order valence-electron chi connectivity index (χ4n) is 3.96. The summed E-state index contributed by atoms with van der Waals surface area (Å²) in [5.41, 5.74) is 1.31. The minimum atomic E-state index is -3.89. The van der Waals surface area contributed by atoms with Crippen molar-refractivity contribution < 1.29 is 17.9 Å². The molecule has 0 aliphatic carbocycles. The van der Waals surface area contributed by atoms with Crippen molar-refractivity contribution in [3.8, 4) is 5.75 Å². The third kappa shape index (κ3) is 4.72. The number of benzene rings is 2. The fraction of sp³-hybridized carbons (Fsp3) is 0.409. The average Bonchev–Trinajstić information content (AvgIpc) is 2.67. The Morgan fingerprint density at radius 3 is 2.41 bits per heavy atom. The molecular weight excluding hydrogens is 388 g/mol. The Balaban J connectivity index is 1.91. The van der Waals surface area contributed by atoms with E-state index in [-0.39, 0.29) is 10.8 Å². The zero-order chi connectivity index (χ0) is 21.2. The van der Waals surface area contributed by atoms with E-state index in [1.165, 1.54) is 13.2 Å².